The minimum absolute atomic E-state index is 0.0242. The van der Waals surface area contributed by atoms with Crippen molar-refractivity contribution in [3.8, 4) is 0 Å². The Bertz CT molecular complexity index is 762. The van der Waals surface area contributed by atoms with Crippen molar-refractivity contribution in [3.63, 3.8) is 0 Å². The Balaban J connectivity index is 2.09. The van der Waals surface area contributed by atoms with Gasteiger partial charge in [0, 0.05) is 17.1 Å². The molecule has 19 heavy (non-hydrogen) atoms. The molecule has 0 saturated heterocycles. The lowest BCUT2D eigenvalue weighted by molar-refractivity contribution is 0.103. The number of benzene rings is 2. The summed E-state index contributed by atoms with van der Waals surface area (Å²) in [6.45, 7) is 1.94. The van der Waals surface area contributed by atoms with Crippen LogP contribution in [0.4, 0.5) is 0 Å². The average Bonchev–Trinajstić information content (AvgIpc) is 2.46. The predicted octanol–water partition coefficient (Wildman–Crippen LogP) is 3.77. The van der Waals surface area contributed by atoms with Crippen LogP contribution in [0.15, 0.2) is 60.8 Å². The highest BCUT2D eigenvalue weighted by molar-refractivity contribution is 6.09. The zero-order valence-electron chi connectivity index (χ0n) is 10.6. The first-order valence-electron chi connectivity index (χ1n) is 6.21. The van der Waals surface area contributed by atoms with E-state index in [-0.39, 0.29) is 5.78 Å². The maximum Gasteiger partial charge on any atom is 0.211 e. The van der Waals surface area contributed by atoms with Crippen molar-refractivity contribution in [3.05, 3.63) is 77.6 Å². The number of hydrogen-bond acceptors (Lipinski definition) is 2. The van der Waals surface area contributed by atoms with E-state index in [1.807, 2.05) is 61.5 Å². The van der Waals surface area contributed by atoms with Gasteiger partial charge in [-0.15, -0.1) is 0 Å². The minimum atomic E-state index is -0.0242. The predicted molar refractivity (Wildman–Crippen MR) is 76.4 cm³/mol. The summed E-state index contributed by atoms with van der Waals surface area (Å²) >= 11 is 0. The van der Waals surface area contributed by atoms with Crippen LogP contribution < -0.4 is 0 Å². The fraction of sp³-hybridized carbons (Fsp3) is 0.0588. The summed E-state index contributed by atoms with van der Waals surface area (Å²) in [7, 11) is 0. The fourth-order valence-corrected chi connectivity index (χ4v) is 2.17. The molecule has 0 atom stereocenters. The van der Waals surface area contributed by atoms with Crippen LogP contribution >= 0.6 is 0 Å². The lowest BCUT2D eigenvalue weighted by Gasteiger charge is -2.05. The standard InChI is InChI=1S/C17H13NO/c1-12-6-2-5-9-15(12)17(19)16-10-13-7-3-4-8-14(13)11-18-16/h2-11H,1H3. The lowest BCUT2D eigenvalue weighted by atomic mass is 10.0. The van der Waals surface area contributed by atoms with Crippen LogP contribution in [0.1, 0.15) is 21.6 Å². The number of aromatic nitrogens is 1. The largest absolute Gasteiger partial charge is 0.287 e. The maximum absolute atomic E-state index is 12.4. The summed E-state index contributed by atoms with van der Waals surface area (Å²) in [5.41, 5.74) is 2.18. The molecule has 92 valence electrons. The van der Waals surface area contributed by atoms with Gasteiger partial charge in [0.25, 0.3) is 0 Å². The summed E-state index contributed by atoms with van der Waals surface area (Å²) in [4.78, 5) is 16.7. The Labute approximate surface area is 111 Å². The number of nitrogens with zero attached hydrogens (tertiary/aromatic N) is 1. The highest BCUT2D eigenvalue weighted by Crippen LogP contribution is 2.17. The normalized spacial score (nSPS) is 10.6. The van der Waals surface area contributed by atoms with Gasteiger partial charge in [0.1, 0.15) is 5.69 Å². The second-order valence-corrected chi connectivity index (χ2v) is 4.56. The third-order valence-electron chi connectivity index (χ3n) is 3.25. The summed E-state index contributed by atoms with van der Waals surface area (Å²) in [5.74, 6) is -0.0242. The Morgan fingerprint density at radius 3 is 2.42 bits per heavy atom. The molecule has 2 heteroatoms. The van der Waals surface area contributed by atoms with E-state index >= 15 is 0 Å². The van der Waals surface area contributed by atoms with E-state index in [0.717, 1.165) is 16.3 Å². The molecule has 3 aromatic rings. The maximum atomic E-state index is 12.4. The summed E-state index contributed by atoms with van der Waals surface area (Å²) < 4.78 is 0. The minimum Gasteiger partial charge on any atom is -0.287 e. The van der Waals surface area contributed by atoms with Gasteiger partial charge in [0.05, 0.1) is 0 Å². The number of fused-ring (bicyclic) bond motifs is 1. The van der Waals surface area contributed by atoms with Crippen LogP contribution in [0.2, 0.25) is 0 Å². The molecule has 3 rings (SSSR count). The van der Waals surface area contributed by atoms with Gasteiger partial charge in [-0.1, -0.05) is 48.5 Å². The van der Waals surface area contributed by atoms with E-state index in [2.05, 4.69) is 4.98 Å². The van der Waals surface area contributed by atoms with Crippen LogP contribution in [-0.4, -0.2) is 10.8 Å². The molecule has 0 aliphatic carbocycles. The Morgan fingerprint density at radius 2 is 1.63 bits per heavy atom. The van der Waals surface area contributed by atoms with Gasteiger partial charge in [-0.2, -0.15) is 0 Å². The van der Waals surface area contributed by atoms with Crippen LogP contribution in [0.25, 0.3) is 10.8 Å². The molecule has 0 saturated carbocycles. The van der Waals surface area contributed by atoms with Crippen molar-refractivity contribution in [2.24, 2.45) is 0 Å². The summed E-state index contributed by atoms with van der Waals surface area (Å²) in [6.07, 6.45) is 1.75. The Kier molecular flexibility index (Phi) is 2.84. The van der Waals surface area contributed by atoms with E-state index in [4.69, 9.17) is 0 Å². The molecule has 2 nitrogen and oxygen atoms in total. The Morgan fingerprint density at radius 1 is 0.947 bits per heavy atom. The van der Waals surface area contributed by atoms with E-state index in [1.165, 1.54) is 0 Å². The second-order valence-electron chi connectivity index (χ2n) is 4.56. The van der Waals surface area contributed by atoms with Crippen LogP contribution in [0.5, 0.6) is 0 Å². The topological polar surface area (TPSA) is 30.0 Å². The van der Waals surface area contributed by atoms with Gasteiger partial charge >= 0.3 is 0 Å². The molecule has 0 aliphatic heterocycles. The molecule has 0 aliphatic rings. The van der Waals surface area contributed by atoms with E-state index in [1.54, 1.807) is 6.20 Å². The zero-order valence-corrected chi connectivity index (χ0v) is 10.6. The zero-order chi connectivity index (χ0) is 13.2. The molecule has 0 unspecified atom stereocenters. The van der Waals surface area contributed by atoms with E-state index in [9.17, 15) is 4.79 Å². The lowest BCUT2D eigenvalue weighted by Crippen LogP contribution is -2.05. The Hall–Kier alpha value is -2.48. The SMILES string of the molecule is Cc1ccccc1C(=O)c1cc2ccccc2cn1. The van der Waals surface area contributed by atoms with Crippen molar-refractivity contribution in [2.45, 2.75) is 6.92 Å². The quantitative estimate of drug-likeness (QED) is 0.645. The molecule has 0 radical (unpaired) electrons. The van der Waals surface area contributed by atoms with Gasteiger partial charge in [-0.3, -0.25) is 9.78 Å². The molecule has 1 heterocycles. The van der Waals surface area contributed by atoms with Crippen molar-refractivity contribution in [1.29, 1.82) is 0 Å². The monoisotopic (exact) mass is 247 g/mol. The molecule has 0 spiro atoms. The van der Waals surface area contributed by atoms with Gasteiger partial charge in [0.2, 0.25) is 5.78 Å². The molecular formula is C17H13NO. The van der Waals surface area contributed by atoms with Crippen molar-refractivity contribution >= 4 is 16.6 Å². The number of ketones is 1. The van der Waals surface area contributed by atoms with E-state index < -0.39 is 0 Å². The number of carbonyl (C=O) groups excluding carboxylic acids is 1. The molecular weight excluding hydrogens is 234 g/mol. The number of rotatable bonds is 2. The second kappa shape index (κ2) is 4.65. The third kappa shape index (κ3) is 2.13. The third-order valence-corrected chi connectivity index (χ3v) is 3.25. The highest BCUT2D eigenvalue weighted by Gasteiger charge is 2.12. The smallest absolute Gasteiger partial charge is 0.211 e. The fourth-order valence-electron chi connectivity index (χ4n) is 2.17. The van der Waals surface area contributed by atoms with Crippen molar-refractivity contribution in [2.75, 3.05) is 0 Å². The van der Waals surface area contributed by atoms with Gasteiger partial charge in [-0.05, 0) is 23.9 Å². The first-order chi connectivity index (χ1) is 9.25. The number of carbonyl (C=O) groups is 1. The van der Waals surface area contributed by atoms with Gasteiger partial charge in [-0.25, -0.2) is 0 Å². The first-order valence-corrected chi connectivity index (χ1v) is 6.21. The summed E-state index contributed by atoms with van der Waals surface area (Å²) in [5, 5.41) is 2.08. The molecule has 0 N–H and O–H groups in total. The van der Waals surface area contributed by atoms with Crippen LogP contribution in [-0.2, 0) is 0 Å². The molecule has 2 aromatic carbocycles. The molecule has 0 bridgehead atoms. The molecule has 1 aromatic heterocycles. The average molecular weight is 247 g/mol. The van der Waals surface area contributed by atoms with Crippen LogP contribution in [0, 0.1) is 6.92 Å². The van der Waals surface area contributed by atoms with Crippen molar-refractivity contribution in [1.82, 2.24) is 4.98 Å². The number of aryl methyl sites for hydroxylation is 1. The highest BCUT2D eigenvalue weighted by atomic mass is 16.1. The van der Waals surface area contributed by atoms with Crippen LogP contribution in [0.3, 0.4) is 0 Å². The van der Waals surface area contributed by atoms with Gasteiger partial charge < -0.3 is 0 Å². The number of pyridine rings is 1. The molecule has 0 fully saturated rings. The van der Waals surface area contributed by atoms with Gasteiger partial charge in [0.15, 0.2) is 0 Å². The van der Waals surface area contributed by atoms with E-state index in [0.29, 0.717) is 11.3 Å². The van der Waals surface area contributed by atoms with Crippen molar-refractivity contribution < 1.29 is 4.79 Å². The molecule has 0 amide bonds. The summed E-state index contributed by atoms with van der Waals surface area (Å²) in [6, 6.07) is 17.3. The number of hydrogen-bond donors (Lipinski definition) is 0. The first kappa shape index (κ1) is 11.6.